The van der Waals surface area contributed by atoms with Gasteiger partial charge in [0.2, 0.25) is 5.28 Å². The van der Waals surface area contributed by atoms with Gasteiger partial charge >= 0.3 is 0 Å². The summed E-state index contributed by atoms with van der Waals surface area (Å²) in [5, 5.41) is 14.4. The van der Waals surface area contributed by atoms with Crippen molar-refractivity contribution in [3.8, 4) is 0 Å². The number of rotatable bonds is 3. The quantitative estimate of drug-likeness (QED) is 0.825. The number of piperidine rings is 1. The lowest BCUT2D eigenvalue weighted by molar-refractivity contribution is 0.00982. The molecule has 1 atom stereocenters. The Bertz CT molecular complexity index is 775. The van der Waals surface area contributed by atoms with Crippen molar-refractivity contribution in [1.29, 1.82) is 0 Å². The summed E-state index contributed by atoms with van der Waals surface area (Å²) in [5.41, 5.74) is 3.21. The standard InChI is InChI=1S/C19H21ClFN3O/c20-18-23-16(11-19(25)7-9-22-10-8-19)15-6-5-14(17(15)24-18)12-1-3-13(21)4-2-12/h1-4,14,22,25H,5-11H2. The van der Waals surface area contributed by atoms with Crippen LogP contribution in [-0.4, -0.2) is 33.8 Å². The summed E-state index contributed by atoms with van der Waals surface area (Å²) < 4.78 is 13.2. The number of nitrogens with zero attached hydrogens (tertiary/aromatic N) is 2. The van der Waals surface area contributed by atoms with E-state index >= 15 is 0 Å². The monoisotopic (exact) mass is 361 g/mol. The van der Waals surface area contributed by atoms with Gasteiger partial charge < -0.3 is 10.4 Å². The van der Waals surface area contributed by atoms with E-state index < -0.39 is 5.60 Å². The van der Waals surface area contributed by atoms with E-state index in [-0.39, 0.29) is 17.0 Å². The molecule has 1 saturated heterocycles. The Kier molecular flexibility index (Phi) is 4.48. The van der Waals surface area contributed by atoms with E-state index in [1.165, 1.54) is 12.1 Å². The summed E-state index contributed by atoms with van der Waals surface area (Å²) in [6, 6.07) is 6.58. The summed E-state index contributed by atoms with van der Waals surface area (Å²) in [6.45, 7) is 1.63. The maximum absolute atomic E-state index is 13.2. The van der Waals surface area contributed by atoms with Crippen LogP contribution in [0.15, 0.2) is 24.3 Å². The van der Waals surface area contributed by atoms with E-state index in [0.717, 1.165) is 48.4 Å². The largest absolute Gasteiger partial charge is 0.389 e. The number of fused-ring (bicyclic) bond motifs is 1. The zero-order valence-electron chi connectivity index (χ0n) is 13.9. The molecule has 2 aromatic rings. The Hall–Kier alpha value is -1.56. The van der Waals surface area contributed by atoms with Gasteiger partial charge in [0.15, 0.2) is 0 Å². The highest BCUT2D eigenvalue weighted by Crippen LogP contribution is 2.39. The first-order valence-corrected chi connectivity index (χ1v) is 9.16. The van der Waals surface area contributed by atoms with Crippen LogP contribution < -0.4 is 5.32 Å². The average Bonchev–Trinajstić information content (AvgIpc) is 3.00. The fourth-order valence-corrected chi connectivity index (χ4v) is 4.24. The van der Waals surface area contributed by atoms with Gasteiger partial charge in [-0.3, -0.25) is 0 Å². The van der Waals surface area contributed by atoms with E-state index in [1.807, 2.05) is 12.1 Å². The Labute approximate surface area is 151 Å². The van der Waals surface area contributed by atoms with Crippen LogP contribution in [-0.2, 0) is 12.8 Å². The minimum absolute atomic E-state index is 0.109. The second kappa shape index (κ2) is 6.63. The minimum atomic E-state index is -0.731. The molecule has 0 bridgehead atoms. The number of aliphatic hydroxyl groups is 1. The Morgan fingerprint density at radius 1 is 1.20 bits per heavy atom. The maximum atomic E-state index is 13.2. The van der Waals surface area contributed by atoms with Crippen molar-refractivity contribution < 1.29 is 9.50 Å². The Balaban J connectivity index is 1.67. The van der Waals surface area contributed by atoms with Gasteiger partial charge in [0.05, 0.1) is 17.0 Å². The van der Waals surface area contributed by atoms with Crippen LogP contribution in [0.4, 0.5) is 4.39 Å². The molecular formula is C19H21ClFN3O. The summed E-state index contributed by atoms with van der Waals surface area (Å²) >= 11 is 6.19. The van der Waals surface area contributed by atoms with E-state index in [4.69, 9.17) is 11.6 Å². The normalized spacial score (nSPS) is 22.0. The van der Waals surface area contributed by atoms with Gasteiger partial charge in [0.25, 0.3) is 0 Å². The van der Waals surface area contributed by atoms with Gasteiger partial charge in [-0.1, -0.05) is 12.1 Å². The van der Waals surface area contributed by atoms with E-state index in [2.05, 4.69) is 15.3 Å². The molecule has 0 saturated carbocycles. The second-order valence-electron chi connectivity index (χ2n) is 7.10. The highest BCUT2D eigenvalue weighted by Gasteiger charge is 2.34. The third kappa shape index (κ3) is 3.41. The van der Waals surface area contributed by atoms with Gasteiger partial charge in [0.1, 0.15) is 5.82 Å². The average molecular weight is 362 g/mol. The SMILES string of the molecule is OC1(Cc2nc(Cl)nc3c2CCC3c2ccc(F)cc2)CCNCC1. The van der Waals surface area contributed by atoms with Crippen LogP contribution in [0.3, 0.4) is 0 Å². The van der Waals surface area contributed by atoms with Gasteiger partial charge in [-0.15, -0.1) is 0 Å². The molecule has 0 spiro atoms. The van der Waals surface area contributed by atoms with Crippen molar-refractivity contribution in [2.75, 3.05) is 13.1 Å². The highest BCUT2D eigenvalue weighted by atomic mass is 35.5. The smallest absolute Gasteiger partial charge is 0.222 e. The van der Waals surface area contributed by atoms with Crippen LogP contribution in [0.25, 0.3) is 0 Å². The molecule has 0 amide bonds. The fraction of sp³-hybridized carbons (Fsp3) is 0.474. The molecule has 6 heteroatoms. The number of hydrogen-bond donors (Lipinski definition) is 2. The highest BCUT2D eigenvalue weighted by molar-refractivity contribution is 6.28. The van der Waals surface area contributed by atoms with E-state index in [9.17, 15) is 9.50 Å². The molecule has 4 rings (SSSR count). The molecule has 1 aliphatic carbocycles. The fourth-order valence-electron chi connectivity index (χ4n) is 4.05. The number of nitrogens with one attached hydrogen (secondary N) is 1. The third-order valence-electron chi connectivity index (χ3n) is 5.41. The molecule has 1 aliphatic heterocycles. The van der Waals surface area contributed by atoms with Crippen LogP contribution in [0.2, 0.25) is 5.28 Å². The van der Waals surface area contributed by atoms with Gasteiger partial charge in [-0.05, 0) is 73.6 Å². The minimum Gasteiger partial charge on any atom is -0.389 e. The molecule has 0 radical (unpaired) electrons. The van der Waals surface area contributed by atoms with Crippen molar-refractivity contribution in [2.24, 2.45) is 0 Å². The van der Waals surface area contributed by atoms with E-state index in [0.29, 0.717) is 19.3 Å². The lowest BCUT2D eigenvalue weighted by Crippen LogP contribution is -2.43. The first kappa shape index (κ1) is 16.9. The first-order valence-electron chi connectivity index (χ1n) is 8.78. The number of aromatic nitrogens is 2. The van der Waals surface area contributed by atoms with Gasteiger partial charge in [-0.25, -0.2) is 14.4 Å². The first-order chi connectivity index (χ1) is 12.0. The topological polar surface area (TPSA) is 58.0 Å². The summed E-state index contributed by atoms with van der Waals surface area (Å²) in [5.74, 6) is -0.131. The van der Waals surface area contributed by atoms with Crippen molar-refractivity contribution in [3.05, 3.63) is 57.9 Å². The Morgan fingerprint density at radius 2 is 1.92 bits per heavy atom. The lowest BCUT2D eigenvalue weighted by Gasteiger charge is -2.32. The molecule has 1 aromatic carbocycles. The molecule has 1 fully saturated rings. The molecule has 2 aliphatic rings. The van der Waals surface area contributed by atoms with Crippen LogP contribution >= 0.6 is 11.6 Å². The summed E-state index contributed by atoms with van der Waals surface area (Å²) in [7, 11) is 0. The summed E-state index contributed by atoms with van der Waals surface area (Å²) in [6.07, 6.45) is 3.70. The van der Waals surface area contributed by atoms with Crippen molar-refractivity contribution in [1.82, 2.24) is 15.3 Å². The van der Waals surface area contributed by atoms with Gasteiger partial charge in [-0.2, -0.15) is 0 Å². The number of benzene rings is 1. The maximum Gasteiger partial charge on any atom is 0.222 e. The van der Waals surface area contributed by atoms with E-state index in [1.54, 1.807) is 0 Å². The zero-order chi connectivity index (χ0) is 17.4. The molecule has 1 unspecified atom stereocenters. The van der Waals surface area contributed by atoms with Crippen LogP contribution in [0.5, 0.6) is 0 Å². The van der Waals surface area contributed by atoms with Crippen molar-refractivity contribution in [3.63, 3.8) is 0 Å². The Morgan fingerprint density at radius 3 is 2.64 bits per heavy atom. The zero-order valence-corrected chi connectivity index (χ0v) is 14.7. The molecule has 4 nitrogen and oxygen atoms in total. The third-order valence-corrected chi connectivity index (χ3v) is 5.58. The second-order valence-corrected chi connectivity index (χ2v) is 7.44. The predicted octanol–water partition coefficient (Wildman–Crippen LogP) is 3.00. The lowest BCUT2D eigenvalue weighted by atomic mass is 9.86. The van der Waals surface area contributed by atoms with Crippen molar-refractivity contribution >= 4 is 11.6 Å². The molecule has 2 heterocycles. The molecule has 132 valence electrons. The van der Waals surface area contributed by atoms with Crippen LogP contribution in [0.1, 0.15) is 47.7 Å². The van der Waals surface area contributed by atoms with Gasteiger partial charge in [0, 0.05) is 12.3 Å². The molecule has 25 heavy (non-hydrogen) atoms. The molecule has 1 aromatic heterocycles. The molecule has 2 N–H and O–H groups in total. The molecular weight excluding hydrogens is 341 g/mol. The van der Waals surface area contributed by atoms with Crippen LogP contribution in [0, 0.1) is 5.82 Å². The number of halogens is 2. The summed E-state index contributed by atoms with van der Waals surface area (Å²) in [4.78, 5) is 8.92. The van der Waals surface area contributed by atoms with Crippen molar-refractivity contribution in [2.45, 2.75) is 43.6 Å². The predicted molar refractivity (Wildman–Crippen MR) is 94.4 cm³/mol. The number of hydrogen-bond acceptors (Lipinski definition) is 4.